The van der Waals surface area contributed by atoms with Crippen LogP contribution in [0.1, 0.15) is 38.3 Å². The van der Waals surface area contributed by atoms with E-state index >= 15 is 0 Å². The minimum atomic E-state index is 0.161. The van der Waals surface area contributed by atoms with E-state index in [0.717, 1.165) is 25.9 Å². The van der Waals surface area contributed by atoms with Gasteiger partial charge in [-0.2, -0.15) is 0 Å². The van der Waals surface area contributed by atoms with Crippen LogP contribution in [-0.4, -0.2) is 24.3 Å². The van der Waals surface area contributed by atoms with E-state index in [1.807, 2.05) is 0 Å². The summed E-state index contributed by atoms with van der Waals surface area (Å²) in [5.41, 5.74) is 4.23. The molecule has 0 bridgehead atoms. The number of anilines is 1. The fourth-order valence-electron chi connectivity index (χ4n) is 2.76. The molecule has 1 aromatic carbocycles. The maximum absolute atomic E-state index is 9.20. The van der Waals surface area contributed by atoms with Gasteiger partial charge in [0.1, 0.15) is 0 Å². The third-order valence-corrected chi connectivity index (χ3v) is 3.94. The van der Waals surface area contributed by atoms with Crippen molar-refractivity contribution in [2.75, 3.05) is 18.5 Å². The first-order valence-corrected chi connectivity index (χ1v) is 7.21. The Bertz CT molecular complexity index is 423. The highest BCUT2D eigenvalue weighted by atomic mass is 16.3. The van der Waals surface area contributed by atoms with Gasteiger partial charge in [0.05, 0.1) is 0 Å². The second-order valence-corrected chi connectivity index (χ2v) is 6.44. The number of para-hydroxylation sites is 1. The van der Waals surface area contributed by atoms with Gasteiger partial charge in [-0.1, -0.05) is 39.0 Å². The zero-order valence-electron chi connectivity index (χ0n) is 12.3. The summed E-state index contributed by atoms with van der Waals surface area (Å²) in [5, 5.41) is 16.3. The van der Waals surface area contributed by atoms with E-state index in [0.29, 0.717) is 6.04 Å². The van der Waals surface area contributed by atoms with Crippen molar-refractivity contribution in [2.45, 2.75) is 46.2 Å². The molecule has 1 unspecified atom stereocenters. The topological polar surface area (TPSA) is 44.3 Å². The molecule has 1 aromatic rings. The monoisotopic (exact) mass is 262 g/mol. The molecule has 3 heteroatoms. The number of nitrogens with one attached hydrogen (secondary N) is 2. The molecular weight excluding hydrogens is 236 g/mol. The van der Waals surface area contributed by atoms with Crippen molar-refractivity contribution in [3.05, 3.63) is 29.3 Å². The Hall–Kier alpha value is -1.06. The van der Waals surface area contributed by atoms with Gasteiger partial charge in [0.25, 0.3) is 0 Å². The fraction of sp³-hybridized carbons (Fsp3) is 0.625. The van der Waals surface area contributed by atoms with Crippen LogP contribution in [0.25, 0.3) is 0 Å². The maximum atomic E-state index is 9.20. The van der Waals surface area contributed by atoms with Crippen LogP contribution in [0.3, 0.4) is 0 Å². The van der Waals surface area contributed by atoms with Crippen LogP contribution in [0.5, 0.6) is 0 Å². The minimum Gasteiger partial charge on any atom is -0.396 e. The van der Waals surface area contributed by atoms with Gasteiger partial charge < -0.3 is 15.7 Å². The Morgan fingerprint density at radius 1 is 1.37 bits per heavy atom. The third-order valence-electron chi connectivity index (χ3n) is 3.94. The molecule has 1 aliphatic rings. The minimum absolute atomic E-state index is 0.161. The lowest BCUT2D eigenvalue weighted by Gasteiger charge is -2.31. The van der Waals surface area contributed by atoms with Crippen molar-refractivity contribution in [2.24, 2.45) is 5.41 Å². The van der Waals surface area contributed by atoms with E-state index in [4.69, 9.17) is 0 Å². The first-order chi connectivity index (χ1) is 9.02. The third kappa shape index (κ3) is 3.48. The van der Waals surface area contributed by atoms with Crippen molar-refractivity contribution >= 4 is 5.69 Å². The predicted octanol–water partition coefficient (Wildman–Crippen LogP) is 2.54. The molecule has 0 aromatic heterocycles. The van der Waals surface area contributed by atoms with Gasteiger partial charge >= 0.3 is 0 Å². The quantitative estimate of drug-likeness (QED) is 0.764. The number of aliphatic hydroxyl groups excluding tert-OH is 1. The van der Waals surface area contributed by atoms with Gasteiger partial charge in [-0.3, -0.25) is 0 Å². The lowest BCUT2D eigenvalue weighted by molar-refractivity contribution is 0.196. The van der Waals surface area contributed by atoms with Crippen LogP contribution in [0, 0.1) is 5.41 Å². The van der Waals surface area contributed by atoms with Crippen molar-refractivity contribution < 1.29 is 5.11 Å². The summed E-state index contributed by atoms with van der Waals surface area (Å²) in [6.45, 7) is 8.79. The molecule has 0 saturated carbocycles. The van der Waals surface area contributed by atoms with Crippen LogP contribution < -0.4 is 10.6 Å². The molecule has 0 aliphatic carbocycles. The van der Waals surface area contributed by atoms with Crippen molar-refractivity contribution in [3.8, 4) is 0 Å². The second kappa shape index (κ2) is 5.93. The molecule has 1 atom stereocenters. The summed E-state index contributed by atoms with van der Waals surface area (Å²) in [7, 11) is 0. The number of hydrogen-bond acceptors (Lipinski definition) is 3. The average Bonchev–Trinajstić information content (AvgIpc) is 2.81. The number of benzene rings is 1. The molecule has 0 fully saturated rings. The summed E-state index contributed by atoms with van der Waals surface area (Å²) in [6.07, 6.45) is 1.93. The molecule has 3 N–H and O–H groups in total. The number of rotatable bonds is 5. The lowest BCUT2D eigenvalue weighted by Crippen LogP contribution is -2.40. The highest BCUT2D eigenvalue weighted by molar-refractivity contribution is 5.61. The highest BCUT2D eigenvalue weighted by Gasteiger charge is 2.24. The molecule has 1 aliphatic heterocycles. The van der Waals surface area contributed by atoms with Crippen molar-refractivity contribution in [1.29, 1.82) is 0 Å². The molecule has 0 saturated heterocycles. The Morgan fingerprint density at radius 3 is 2.84 bits per heavy atom. The van der Waals surface area contributed by atoms with E-state index < -0.39 is 0 Å². The average molecular weight is 262 g/mol. The summed E-state index contributed by atoms with van der Waals surface area (Å²) in [5.74, 6) is 0. The van der Waals surface area contributed by atoms with Gasteiger partial charge in [-0.25, -0.2) is 0 Å². The number of fused-ring (bicyclic) bond motifs is 1. The lowest BCUT2D eigenvalue weighted by atomic mass is 9.85. The van der Waals surface area contributed by atoms with Crippen LogP contribution in [-0.2, 0) is 13.0 Å². The van der Waals surface area contributed by atoms with Crippen LogP contribution in [0.4, 0.5) is 5.69 Å². The van der Waals surface area contributed by atoms with Gasteiger partial charge in [-0.05, 0) is 29.4 Å². The molecule has 19 heavy (non-hydrogen) atoms. The predicted molar refractivity (Wildman–Crippen MR) is 80.4 cm³/mol. The summed E-state index contributed by atoms with van der Waals surface area (Å²) < 4.78 is 0. The normalized spacial score (nSPS) is 16.0. The Labute approximate surface area is 116 Å². The Balaban J connectivity index is 2.03. The van der Waals surface area contributed by atoms with Gasteiger partial charge in [-0.15, -0.1) is 0 Å². The molecule has 1 heterocycles. The van der Waals surface area contributed by atoms with Gasteiger partial charge in [0.2, 0.25) is 0 Å². The number of aliphatic hydroxyl groups is 1. The molecule has 0 radical (unpaired) electrons. The first kappa shape index (κ1) is 14.4. The van der Waals surface area contributed by atoms with Crippen LogP contribution in [0.2, 0.25) is 0 Å². The van der Waals surface area contributed by atoms with E-state index in [1.165, 1.54) is 16.8 Å². The molecule has 0 spiro atoms. The Kier molecular flexibility index (Phi) is 4.48. The van der Waals surface area contributed by atoms with E-state index in [-0.39, 0.29) is 12.0 Å². The molecular formula is C16H26N2O. The summed E-state index contributed by atoms with van der Waals surface area (Å²) >= 11 is 0. The SMILES string of the molecule is CC(C)(C)C(CCO)NCc1cccc2c1NCC2. The van der Waals surface area contributed by atoms with E-state index in [9.17, 15) is 5.11 Å². The van der Waals surface area contributed by atoms with Crippen LogP contribution >= 0.6 is 0 Å². The van der Waals surface area contributed by atoms with Crippen LogP contribution in [0.15, 0.2) is 18.2 Å². The maximum Gasteiger partial charge on any atom is 0.0446 e. The first-order valence-electron chi connectivity index (χ1n) is 7.21. The highest BCUT2D eigenvalue weighted by Crippen LogP contribution is 2.27. The Morgan fingerprint density at radius 2 is 2.16 bits per heavy atom. The molecule has 3 nitrogen and oxygen atoms in total. The fourth-order valence-corrected chi connectivity index (χ4v) is 2.76. The molecule has 106 valence electrons. The number of hydrogen-bond donors (Lipinski definition) is 3. The molecule has 2 rings (SSSR count). The summed E-state index contributed by atoms with van der Waals surface area (Å²) in [4.78, 5) is 0. The zero-order valence-corrected chi connectivity index (χ0v) is 12.3. The van der Waals surface area contributed by atoms with Gasteiger partial charge in [0.15, 0.2) is 0 Å². The summed E-state index contributed by atoms with van der Waals surface area (Å²) in [6, 6.07) is 6.85. The van der Waals surface area contributed by atoms with Crippen molar-refractivity contribution in [1.82, 2.24) is 5.32 Å². The van der Waals surface area contributed by atoms with Gasteiger partial charge in [0, 0.05) is 31.4 Å². The van der Waals surface area contributed by atoms with E-state index in [2.05, 4.69) is 49.6 Å². The second-order valence-electron chi connectivity index (χ2n) is 6.44. The smallest absolute Gasteiger partial charge is 0.0446 e. The molecule has 0 amide bonds. The van der Waals surface area contributed by atoms with E-state index in [1.54, 1.807) is 0 Å². The zero-order chi connectivity index (χ0) is 13.9. The standard InChI is InChI=1S/C16H26N2O/c1-16(2,3)14(8-10-19)18-11-13-6-4-5-12-7-9-17-15(12)13/h4-6,14,17-19H,7-11H2,1-3H3. The largest absolute Gasteiger partial charge is 0.396 e. The van der Waals surface area contributed by atoms with Crippen molar-refractivity contribution in [3.63, 3.8) is 0 Å².